The van der Waals surface area contributed by atoms with E-state index in [9.17, 15) is 9.59 Å². The summed E-state index contributed by atoms with van der Waals surface area (Å²) in [6.45, 7) is 4.28. The third kappa shape index (κ3) is 4.60. The van der Waals surface area contributed by atoms with E-state index in [-0.39, 0.29) is 5.91 Å². The van der Waals surface area contributed by atoms with E-state index in [0.717, 1.165) is 5.76 Å². The third-order valence-corrected chi connectivity index (χ3v) is 3.18. The van der Waals surface area contributed by atoms with Crippen molar-refractivity contribution in [3.8, 4) is 0 Å². The number of para-hydroxylation sites is 1. The predicted octanol–water partition coefficient (Wildman–Crippen LogP) is 2.57. The maximum absolute atomic E-state index is 12.3. The number of benzene rings is 1. The molecule has 1 aromatic carbocycles. The first-order chi connectivity index (χ1) is 11.1. The van der Waals surface area contributed by atoms with Crippen molar-refractivity contribution in [2.45, 2.75) is 26.5 Å². The summed E-state index contributed by atoms with van der Waals surface area (Å²) in [5.41, 5.74) is 0.993. The molecule has 23 heavy (non-hydrogen) atoms. The van der Waals surface area contributed by atoms with Gasteiger partial charge < -0.3 is 19.8 Å². The number of rotatable bonds is 7. The van der Waals surface area contributed by atoms with Crippen LogP contribution in [-0.4, -0.2) is 24.5 Å². The first-order valence-electron chi connectivity index (χ1n) is 7.45. The zero-order valence-electron chi connectivity index (χ0n) is 13.2. The molecule has 2 rings (SSSR count). The van der Waals surface area contributed by atoms with E-state index in [4.69, 9.17) is 9.15 Å². The first kappa shape index (κ1) is 16.6. The van der Waals surface area contributed by atoms with E-state index in [1.165, 1.54) is 0 Å². The summed E-state index contributed by atoms with van der Waals surface area (Å²) in [4.78, 5) is 23.9. The molecule has 1 heterocycles. The van der Waals surface area contributed by atoms with Gasteiger partial charge in [0.05, 0.1) is 18.4 Å². The Bertz CT molecular complexity index is 652. The largest absolute Gasteiger partial charge is 0.467 e. The van der Waals surface area contributed by atoms with Gasteiger partial charge in [0.2, 0.25) is 0 Å². The molecule has 0 radical (unpaired) electrons. The molecule has 2 aromatic rings. The van der Waals surface area contributed by atoms with E-state index in [0.29, 0.717) is 24.3 Å². The number of carbonyl (C=O) groups excluding carboxylic acids is 2. The molecule has 0 bridgehead atoms. The number of furan rings is 1. The molecule has 0 fully saturated rings. The van der Waals surface area contributed by atoms with Crippen LogP contribution in [0.15, 0.2) is 47.1 Å². The highest BCUT2D eigenvalue weighted by molar-refractivity contribution is 5.97. The lowest BCUT2D eigenvalue weighted by molar-refractivity contribution is -0.128. The zero-order valence-corrected chi connectivity index (χ0v) is 13.2. The van der Waals surface area contributed by atoms with E-state index in [1.54, 1.807) is 44.4 Å². The molecule has 122 valence electrons. The molecule has 0 aliphatic carbocycles. The minimum atomic E-state index is -0.847. The second-order valence-electron chi connectivity index (χ2n) is 4.92. The number of amides is 1. The van der Waals surface area contributed by atoms with Gasteiger partial charge in [0.25, 0.3) is 5.91 Å². The van der Waals surface area contributed by atoms with Gasteiger partial charge in [-0.1, -0.05) is 12.1 Å². The third-order valence-electron chi connectivity index (χ3n) is 3.18. The Hall–Kier alpha value is -2.76. The van der Waals surface area contributed by atoms with Gasteiger partial charge in [-0.05, 0) is 38.1 Å². The summed E-state index contributed by atoms with van der Waals surface area (Å²) in [6, 6.07) is 10.6. The van der Waals surface area contributed by atoms with Crippen LogP contribution in [0.1, 0.15) is 30.0 Å². The molecule has 0 saturated carbocycles. The Morgan fingerprint density at radius 3 is 2.70 bits per heavy atom. The van der Waals surface area contributed by atoms with E-state index in [2.05, 4.69) is 10.6 Å². The molecule has 6 heteroatoms. The maximum Gasteiger partial charge on any atom is 0.341 e. The van der Waals surface area contributed by atoms with Crippen molar-refractivity contribution < 1.29 is 18.7 Å². The van der Waals surface area contributed by atoms with Crippen LogP contribution in [0.25, 0.3) is 0 Å². The van der Waals surface area contributed by atoms with Crippen LogP contribution in [0.4, 0.5) is 5.69 Å². The fraction of sp³-hybridized carbons (Fsp3) is 0.294. The van der Waals surface area contributed by atoms with Crippen LogP contribution in [0.5, 0.6) is 0 Å². The van der Waals surface area contributed by atoms with Gasteiger partial charge in [-0.3, -0.25) is 4.79 Å². The summed E-state index contributed by atoms with van der Waals surface area (Å²) in [7, 11) is 0. The quantitative estimate of drug-likeness (QED) is 0.767. The molecule has 2 N–H and O–H groups in total. The molecule has 1 aromatic heterocycles. The van der Waals surface area contributed by atoms with Crippen LogP contribution in [0.2, 0.25) is 0 Å². The number of hydrogen-bond donors (Lipinski definition) is 2. The summed E-state index contributed by atoms with van der Waals surface area (Å²) in [6.07, 6.45) is 0.742. The van der Waals surface area contributed by atoms with E-state index < -0.39 is 12.1 Å². The van der Waals surface area contributed by atoms with Crippen molar-refractivity contribution in [1.82, 2.24) is 5.32 Å². The van der Waals surface area contributed by atoms with Crippen molar-refractivity contribution in [2.24, 2.45) is 0 Å². The Balaban J connectivity index is 2.03. The molecule has 1 atom stereocenters. The summed E-state index contributed by atoms with van der Waals surface area (Å²) in [5, 5.41) is 5.75. The smallest absolute Gasteiger partial charge is 0.341 e. The normalized spacial score (nSPS) is 11.6. The first-order valence-corrected chi connectivity index (χ1v) is 7.45. The summed E-state index contributed by atoms with van der Waals surface area (Å²) in [5.74, 6) is -0.114. The van der Waals surface area contributed by atoms with Crippen molar-refractivity contribution in [2.75, 3.05) is 11.9 Å². The molecule has 0 spiro atoms. The van der Waals surface area contributed by atoms with E-state index in [1.807, 2.05) is 12.1 Å². The lowest BCUT2D eigenvalue weighted by atomic mass is 10.1. The highest BCUT2D eigenvalue weighted by Crippen LogP contribution is 2.18. The molecular formula is C17H20N2O4. The van der Waals surface area contributed by atoms with Crippen LogP contribution in [0.3, 0.4) is 0 Å². The van der Waals surface area contributed by atoms with Gasteiger partial charge in [-0.15, -0.1) is 0 Å². The average molecular weight is 316 g/mol. The standard InChI is InChI=1S/C17H20N2O4/c1-3-18-16(20)12(2)23-17(21)14-8-4-5-9-15(14)19-11-13-7-6-10-22-13/h4-10,12,19H,3,11H2,1-2H3,(H,18,20)/t12-/m0/s1. The highest BCUT2D eigenvalue weighted by Gasteiger charge is 2.20. The average Bonchev–Trinajstić information content (AvgIpc) is 3.06. The fourth-order valence-electron chi connectivity index (χ4n) is 2.01. The van der Waals surface area contributed by atoms with Gasteiger partial charge in [0, 0.05) is 12.2 Å². The lowest BCUT2D eigenvalue weighted by Crippen LogP contribution is -2.35. The van der Waals surface area contributed by atoms with Gasteiger partial charge in [-0.2, -0.15) is 0 Å². The van der Waals surface area contributed by atoms with Crippen molar-refractivity contribution in [1.29, 1.82) is 0 Å². The number of likely N-dealkylation sites (N-methyl/N-ethyl adjacent to an activating group) is 1. The number of nitrogens with one attached hydrogen (secondary N) is 2. The Morgan fingerprint density at radius 2 is 2.00 bits per heavy atom. The topological polar surface area (TPSA) is 80.6 Å². The minimum absolute atomic E-state index is 0.318. The van der Waals surface area contributed by atoms with Crippen LogP contribution < -0.4 is 10.6 Å². The number of esters is 1. The van der Waals surface area contributed by atoms with Crippen LogP contribution in [0, 0.1) is 0 Å². The lowest BCUT2D eigenvalue weighted by Gasteiger charge is -2.15. The van der Waals surface area contributed by atoms with E-state index >= 15 is 0 Å². The maximum atomic E-state index is 12.3. The zero-order chi connectivity index (χ0) is 16.7. The van der Waals surface area contributed by atoms with Crippen LogP contribution >= 0.6 is 0 Å². The van der Waals surface area contributed by atoms with Crippen molar-refractivity contribution in [3.05, 3.63) is 54.0 Å². The Morgan fingerprint density at radius 1 is 1.22 bits per heavy atom. The van der Waals surface area contributed by atoms with Crippen molar-refractivity contribution in [3.63, 3.8) is 0 Å². The van der Waals surface area contributed by atoms with Crippen LogP contribution in [-0.2, 0) is 16.1 Å². The van der Waals surface area contributed by atoms with Gasteiger partial charge in [0.15, 0.2) is 6.10 Å². The number of anilines is 1. The van der Waals surface area contributed by atoms with Crippen molar-refractivity contribution >= 4 is 17.6 Å². The van der Waals surface area contributed by atoms with Gasteiger partial charge in [0.1, 0.15) is 5.76 Å². The molecule has 0 unspecified atom stereocenters. The SMILES string of the molecule is CCNC(=O)[C@H](C)OC(=O)c1ccccc1NCc1ccco1. The second-order valence-corrected chi connectivity index (χ2v) is 4.92. The van der Waals surface area contributed by atoms with Gasteiger partial charge in [-0.25, -0.2) is 4.79 Å². The Labute approximate surface area is 134 Å². The fourth-order valence-corrected chi connectivity index (χ4v) is 2.01. The summed E-state index contributed by atoms with van der Waals surface area (Å²) < 4.78 is 10.5. The predicted molar refractivity (Wildman–Crippen MR) is 86.0 cm³/mol. The number of hydrogen-bond acceptors (Lipinski definition) is 5. The minimum Gasteiger partial charge on any atom is -0.467 e. The molecule has 6 nitrogen and oxygen atoms in total. The number of carbonyl (C=O) groups is 2. The highest BCUT2D eigenvalue weighted by atomic mass is 16.5. The molecule has 0 aliphatic rings. The second kappa shape index (κ2) is 8.03. The molecule has 1 amide bonds. The summed E-state index contributed by atoms with van der Waals surface area (Å²) >= 11 is 0. The Kier molecular flexibility index (Phi) is 5.80. The monoisotopic (exact) mass is 316 g/mol. The molecule has 0 aliphatic heterocycles. The number of ether oxygens (including phenoxy) is 1. The van der Waals surface area contributed by atoms with Gasteiger partial charge >= 0.3 is 5.97 Å². The molecule has 0 saturated heterocycles. The molecular weight excluding hydrogens is 296 g/mol.